The van der Waals surface area contributed by atoms with E-state index >= 15 is 0 Å². The van der Waals surface area contributed by atoms with Crippen molar-refractivity contribution in [3.63, 3.8) is 0 Å². The second kappa shape index (κ2) is 11.3. The van der Waals surface area contributed by atoms with E-state index in [2.05, 4.69) is 22.5 Å². The largest absolute Gasteiger partial charge is 0.361 e. The number of primary sulfonamides is 1. The van der Waals surface area contributed by atoms with E-state index < -0.39 is 16.1 Å². The number of aromatic amines is 1. The average molecular weight is 511 g/mol. The van der Waals surface area contributed by atoms with Gasteiger partial charge in [0.2, 0.25) is 21.8 Å². The molecule has 1 aliphatic rings. The average Bonchev–Trinajstić information content (AvgIpc) is 3.26. The van der Waals surface area contributed by atoms with E-state index in [1.165, 1.54) is 12.1 Å². The number of rotatable bonds is 9. The van der Waals surface area contributed by atoms with Gasteiger partial charge in [0, 0.05) is 36.0 Å². The van der Waals surface area contributed by atoms with Crippen LogP contribution in [0.25, 0.3) is 10.9 Å². The highest BCUT2D eigenvalue weighted by Crippen LogP contribution is 2.28. The molecule has 3 aromatic rings. The van der Waals surface area contributed by atoms with Gasteiger partial charge in [-0.25, -0.2) is 13.6 Å². The predicted octanol–water partition coefficient (Wildman–Crippen LogP) is 3.03. The summed E-state index contributed by atoms with van der Waals surface area (Å²) in [5, 5.41) is 12.2. The van der Waals surface area contributed by atoms with Gasteiger partial charge >= 0.3 is 0 Å². The van der Waals surface area contributed by atoms with Crippen molar-refractivity contribution in [2.75, 3.05) is 6.54 Å². The first kappa shape index (κ1) is 25.9. The Morgan fingerprint density at radius 1 is 1.06 bits per heavy atom. The van der Waals surface area contributed by atoms with Gasteiger partial charge in [-0.15, -0.1) is 0 Å². The molecule has 0 saturated heterocycles. The lowest BCUT2D eigenvalue weighted by Crippen LogP contribution is -2.50. The van der Waals surface area contributed by atoms with Crippen LogP contribution < -0.4 is 15.8 Å². The van der Waals surface area contributed by atoms with E-state index in [0.717, 1.165) is 47.7 Å². The topological polar surface area (TPSA) is 134 Å². The third kappa shape index (κ3) is 6.53. The van der Waals surface area contributed by atoms with E-state index in [-0.39, 0.29) is 22.6 Å². The molecule has 1 heterocycles. The van der Waals surface area contributed by atoms with Gasteiger partial charge in [-0.05, 0) is 67.3 Å². The first-order valence-electron chi connectivity index (χ1n) is 12.5. The molecule has 1 aromatic heterocycles. The van der Waals surface area contributed by atoms with Gasteiger partial charge in [0.25, 0.3) is 0 Å². The summed E-state index contributed by atoms with van der Waals surface area (Å²) in [4.78, 5) is 29.6. The fraction of sp³-hybridized carbons (Fsp3) is 0.407. The monoisotopic (exact) mass is 510 g/mol. The molecule has 0 unspecified atom stereocenters. The number of aromatic nitrogens is 1. The lowest BCUT2D eigenvalue weighted by Gasteiger charge is -2.27. The first-order chi connectivity index (χ1) is 17.2. The standard InChI is InChI=1S/C27H34N4O4S/c1-18-6-10-20(11-7-18)26(32)31-25(16-21-17-30-24-5-3-2-4-23(21)24)27(33)29-15-14-19-8-12-22(13-9-19)36(28,34)35/h2-5,8-9,12-13,17-18,20,25,30H,6-7,10-11,14-16H2,1H3,(H,29,33)(H,31,32)(H2,28,34,35)/t18?,20?,25-/m0/s1. The molecule has 4 rings (SSSR count). The number of amides is 2. The van der Waals surface area contributed by atoms with Gasteiger partial charge < -0.3 is 15.6 Å². The molecule has 1 saturated carbocycles. The lowest BCUT2D eigenvalue weighted by molar-refractivity contribution is -0.131. The summed E-state index contributed by atoms with van der Waals surface area (Å²) in [5.74, 6) is 0.287. The Kier molecular flexibility index (Phi) is 8.11. The Morgan fingerprint density at radius 3 is 2.44 bits per heavy atom. The van der Waals surface area contributed by atoms with E-state index in [1.54, 1.807) is 12.1 Å². The fourth-order valence-corrected chi connectivity index (χ4v) is 5.36. The minimum Gasteiger partial charge on any atom is -0.361 e. The van der Waals surface area contributed by atoms with Crippen molar-refractivity contribution < 1.29 is 18.0 Å². The van der Waals surface area contributed by atoms with Crippen LogP contribution in [0, 0.1) is 11.8 Å². The van der Waals surface area contributed by atoms with Gasteiger partial charge in [-0.3, -0.25) is 9.59 Å². The number of hydrogen-bond donors (Lipinski definition) is 4. The summed E-state index contributed by atoms with van der Waals surface area (Å²) in [6, 6.07) is 13.5. The second-order valence-electron chi connectivity index (χ2n) is 9.81. The zero-order valence-electron chi connectivity index (χ0n) is 20.5. The Bertz CT molecular complexity index is 1310. The van der Waals surface area contributed by atoms with Crippen molar-refractivity contribution in [2.24, 2.45) is 17.0 Å². The Hall–Kier alpha value is -3.17. The number of nitrogens with one attached hydrogen (secondary N) is 3. The maximum atomic E-state index is 13.2. The van der Waals surface area contributed by atoms with Crippen molar-refractivity contribution >= 4 is 32.7 Å². The summed E-state index contributed by atoms with van der Waals surface area (Å²) in [7, 11) is -3.74. The van der Waals surface area contributed by atoms with E-state index in [9.17, 15) is 18.0 Å². The molecule has 9 heteroatoms. The zero-order chi connectivity index (χ0) is 25.7. The SMILES string of the molecule is CC1CCC(C(=O)N[C@@H](Cc2c[nH]c3ccccc23)C(=O)NCCc2ccc(S(N)(=O)=O)cc2)CC1. The number of sulfonamides is 1. The van der Waals surface area contributed by atoms with Gasteiger partial charge in [-0.1, -0.05) is 37.3 Å². The maximum Gasteiger partial charge on any atom is 0.242 e. The minimum absolute atomic E-state index is 0.0499. The quantitative estimate of drug-likeness (QED) is 0.352. The van der Waals surface area contributed by atoms with Crippen LogP contribution in [-0.4, -0.2) is 37.8 Å². The number of para-hydroxylation sites is 1. The van der Waals surface area contributed by atoms with Crippen LogP contribution in [0.2, 0.25) is 0 Å². The molecule has 2 amide bonds. The van der Waals surface area contributed by atoms with Crippen LogP contribution in [0.1, 0.15) is 43.7 Å². The number of carbonyl (C=O) groups excluding carboxylic acids is 2. The van der Waals surface area contributed by atoms with Crippen LogP contribution in [0.4, 0.5) is 0 Å². The predicted molar refractivity (Wildman–Crippen MR) is 140 cm³/mol. The molecular weight excluding hydrogens is 476 g/mol. The summed E-state index contributed by atoms with van der Waals surface area (Å²) >= 11 is 0. The molecule has 1 aliphatic carbocycles. The zero-order valence-corrected chi connectivity index (χ0v) is 21.3. The molecule has 36 heavy (non-hydrogen) atoms. The number of fused-ring (bicyclic) bond motifs is 1. The normalized spacial score (nSPS) is 19.1. The van der Waals surface area contributed by atoms with Gasteiger partial charge in [0.15, 0.2) is 0 Å². The number of hydrogen-bond acceptors (Lipinski definition) is 4. The molecule has 0 spiro atoms. The van der Waals surface area contributed by atoms with Crippen molar-refractivity contribution in [3.05, 3.63) is 65.9 Å². The van der Waals surface area contributed by atoms with Crippen LogP contribution >= 0.6 is 0 Å². The Balaban J connectivity index is 1.42. The summed E-state index contributed by atoms with van der Waals surface area (Å²) in [6.45, 7) is 2.57. The molecular formula is C27H34N4O4S. The molecule has 8 nitrogen and oxygen atoms in total. The number of carbonyl (C=O) groups is 2. The number of H-pyrrole nitrogens is 1. The third-order valence-electron chi connectivity index (χ3n) is 7.08. The van der Waals surface area contributed by atoms with Gasteiger partial charge in [0.1, 0.15) is 6.04 Å². The highest BCUT2D eigenvalue weighted by atomic mass is 32.2. The maximum absolute atomic E-state index is 13.2. The highest BCUT2D eigenvalue weighted by Gasteiger charge is 2.29. The smallest absolute Gasteiger partial charge is 0.242 e. The minimum atomic E-state index is -3.74. The van der Waals surface area contributed by atoms with Crippen LogP contribution in [0.5, 0.6) is 0 Å². The molecule has 2 aromatic carbocycles. The highest BCUT2D eigenvalue weighted by molar-refractivity contribution is 7.89. The van der Waals surface area contributed by atoms with Crippen molar-refractivity contribution in [2.45, 2.75) is 56.4 Å². The second-order valence-corrected chi connectivity index (χ2v) is 11.4. The number of nitrogens with two attached hydrogens (primary N) is 1. The molecule has 5 N–H and O–H groups in total. The van der Waals surface area contributed by atoms with Crippen LogP contribution in [0.15, 0.2) is 59.6 Å². The first-order valence-corrected chi connectivity index (χ1v) is 14.0. The van der Waals surface area contributed by atoms with Crippen molar-refractivity contribution in [1.29, 1.82) is 0 Å². The molecule has 0 radical (unpaired) electrons. The fourth-order valence-electron chi connectivity index (χ4n) is 4.84. The van der Waals surface area contributed by atoms with Crippen molar-refractivity contribution in [3.8, 4) is 0 Å². The molecule has 1 fully saturated rings. The molecule has 0 aliphatic heterocycles. The summed E-state index contributed by atoms with van der Waals surface area (Å²) < 4.78 is 22.9. The summed E-state index contributed by atoms with van der Waals surface area (Å²) in [6.07, 6.45) is 6.56. The van der Waals surface area contributed by atoms with Gasteiger partial charge in [-0.2, -0.15) is 0 Å². The van der Waals surface area contributed by atoms with E-state index in [4.69, 9.17) is 5.14 Å². The Morgan fingerprint density at radius 2 is 1.75 bits per heavy atom. The van der Waals surface area contributed by atoms with E-state index in [0.29, 0.717) is 25.3 Å². The third-order valence-corrected chi connectivity index (χ3v) is 8.01. The van der Waals surface area contributed by atoms with E-state index in [1.807, 2.05) is 30.5 Å². The van der Waals surface area contributed by atoms with Gasteiger partial charge in [0.05, 0.1) is 4.90 Å². The molecule has 0 bridgehead atoms. The van der Waals surface area contributed by atoms with Crippen LogP contribution in [0.3, 0.4) is 0 Å². The molecule has 192 valence electrons. The lowest BCUT2D eigenvalue weighted by atomic mass is 9.82. The summed E-state index contributed by atoms with van der Waals surface area (Å²) in [5.41, 5.74) is 2.83. The Labute approximate surface area is 212 Å². The molecule has 1 atom stereocenters. The van der Waals surface area contributed by atoms with Crippen molar-refractivity contribution in [1.82, 2.24) is 15.6 Å². The van der Waals surface area contributed by atoms with Crippen LogP contribution in [-0.2, 0) is 32.5 Å². The number of benzene rings is 2.